The van der Waals surface area contributed by atoms with Crippen molar-refractivity contribution in [3.8, 4) is 16.9 Å². The van der Waals surface area contributed by atoms with Gasteiger partial charge in [0.2, 0.25) is 10.0 Å². The van der Waals surface area contributed by atoms with Crippen LogP contribution >= 0.6 is 9.24 Å². The molecule has 1 atom stereocenters. The van der Waals surface area contributed by atoms with Crippen LogP contribution in [0.4, 0.5) is 4.79 Å². The summed E-state index contributed by atoms with van der Waals surface area (Å²) in [6.07, 6.45) is 1.76. The zero-order valence-corrected chi connectivity index (χ0v) is 18.1. The highest BCUT2D eigenvalue weighted by Crippen LogP contribution is 2.35. The molecule has 0 bridgehead atoms. The molecule has 1 aromatic heterocycles. The summed E-state index contributed by atoms with van der Waals surface area (Å²) in [5, 5.41) is 8.59. The van der Waals surface area contributed by atoms with Crippen LogP contribution in [0, 0.1) is 0 Å². The number of ether oxygens (including phenoxy) is 1. The van der Waals surface area contributed by atoms with Crippen LogP contribution < -0.4 is 9.46 Å². The van der Waals surface area contributed by atoms with Crippen LogP contribution in [0.15, 0.2) is 41.6 Å². The molecule has 0 fully saturated rings. The van der Waals surface area contributed by atoms with Gasteiger partial charge in [-0.3, -0.25) is 9.88 Å². The summed E-state index contributed by atoms with van der Waals surface area (Å²) >= 11 is 0. The topological polar surface area (TPSA) is 109 Å². The van der Waals surface area contributed by atoms with E-state index in [4.69, 9.17) is 5.11 Å². The first-order valence-electron chi connectivity index (χ1n) is 8.34. The maximum absolute atomic E-state index is 12.9. The molecule has 1 aromatic carbocycles. The fourth-order valence-electron chi connectivity index (χ4n) is 2.36. The van der Waals surface area contributed by atoms with Gasteiger partial charge in [0, 0.05) is 34.7 Å². The highest BCUT2D eigenvalue weighted by atomic mass is 32.2. The largest absolute Gasteiger partial charge is 0.511 e. The van der Waals surface area contributed by atoms with E-state index in [-0.39, 0.29) is 22.5 Å². The highest BCUT2D eigenvalue weighted by Gasteiger charge is 2.23. The summed E-state index contributed by atoms with van der Waals surface area (Å²) in [6, 6.07) is 5.98. The predicted octanol–water partition coefficient (Wildman–Crippen LogP) is 2.71. The van der Waals surface area contributed by atoms with Crippen molar-refractivity contribution in [2.75, 3.05) is 20.8 Å². The van der Waals surface area contributed by atoms with E-state index >= 15 is 0 Å². The molecule has 8 nitrogen and oxygen atoms in total. The Bertz CT molecular complexity index is 971. The van der Waals surface area contributed by atoms with Crippen molar-refractivity contribution in [1.29, 1.82) is 0 Å². The smallest absolute Gasteiger partial charge is 0.449 e. The van der Waals surface area contributed by atoms with Gasteiger partial charge in [-0.05, 0) is 37.9 Å². The summed E-state index contributed by atoms with van der Waals surface area (Å²) in [4.78, 5) is 16.7. The van der Waals surface area contributed by atoms with E-state index in [1.54, 1.807) is 31.4 Å². The molecule has 0 radical (unpaired) electrons. The lowest BCUT2D eigenvalue weighted by molar-refractivity contribution is 0.144. The van der Waals surface area contributed by atoms with Gasteiger partial charge in [-0.15, -0.1) is 9.24 Å². The van der Waals surface area contributed by atoms with Gasteiger partial charge < -0.3 is 9.84 Å². The second-order valence-corrected chi connectivity index (χ2v) is 10.3. The molecule has 0 aliphatic rings. The number of pyridine rings is 1. The summed E-state index contributed by atoms with van der Waals surface area (Å²) in [7, 11) is 2.23. The molecule has 0 aliphatic carbocycles. The van der Waals surface area contributed by atoms with Gasteiger partial charge in [-0.2, -0.15) is 4.72 Å². The average molecular weight is 425 g/mol. The van der Waals surface area contributed by atoms with Crippen LogP contribution in [0.2, 0.25) is 0 Å². The van der Waals surface area contributed by atoms with Gasteiger partial charge >= 0.3 is 6.16 Å². The third kappa shape index (κ3) is 5.72. The van der Waals surface area contributed by atoms with E-state index in [1.165, 1.54) is 18.2 Å². The number of hydrogen-bond donors (Lipinski definition) is 2. The minimum absolute atomic E-state index is 0.0860. The fourth-order valence-corrected chi connectivity index (χ4v) is 3.85. The number of benzene rings is 1. The van der Waals surface area contributed by atoms with Gasteiger partial charge in [0.25, 0.3) is 0 Å². The maximum atomic E-state index is 12.9. The van der Waals surface area contributed by atoms with Gasteiger partial charge in [-0.25, -0.2) is 13.2 Å². The van der Waals surface area contributed by atoms with Gasteiger partial charge in [0.1, 0.15) is 5.75 Å². The molecule has 0 saturated heterocycles. The summed E-state index contributed by atoms with van der Waals surface area (Å²) in [6.45, 7) is 4.08. The number of nitrogens with zero attached hydrogens (tertiary/aromatic N) is 2. The molecule has 0 saturated carbocycles. The average Bonchev–Trinajstić information content (AvgIpc) is 2.59. The second-order valence-electron chi connectivity index (χ2n) is 7.10. The Hall–Kier alpha value is -2.06. The van der Waals surface area contributed by atoms with Crippen LogP contribution in [0.3, 0.4) is 0 Å². The van der Waals surface area contributed by atoms with Crippen LogP contribution in [-0.2, 0) is 15.2 Å². The minimum atomic E-state index is -3.94. The third-order valence-electron chi connectivity index (χ3n) is 3.81. The molecule has 2 aromatic rings. The molecule has 2 rings (SSSR count). The van der Waals surface area contributed by atoms with E-state index in [9.17, 15) is 13.2 Å². The van der Waals surface area contributed by atoms with Crippen molar-refractivity contribution < 1.29 is 23.1 Å². The summed E-state index contributed by atoms with van der Waals surface area (Å²) in [5.74, 6) is -0.0861. The SMILES string of the molecule is CN(C)CNS(=O)(=O)c1cc(OC(=O)O)ccc1-c1cncc(C(C)(C)P)c1. The second kappa shape index (κ2) is 8.53. The van der Waals surface area contributed by atoms with Crippen LogP contribution in [0.25, 0.3) is 11.1 Å². The third-order valence-corrected chi connectivity index (χ3v) is 5.57. The molecule has 0 amide bonds. The zero-order chi connectivity index (χ0) is 21.1. The molecule has 2 N–H and O–H groups in total. The lowest BCUT2D eigenvalue weighted by Gasteiger charge is -2.20. The van der Waals surface area contributed by atoms with Crippen molar-refractivity contribution in [2.45, 2.75) is 23.9 Å². The first-order chi connectivity index (χ1) is 12.9. The summed E-state index contributed by atoms with van der Waals surface area (Å²) < 4.78 is 32.9. The monoisotopic (exact) mass is 425 g/mol. The van der Waals surface area contributed by atoms with Crippen LogP contribution in [0.1, 0.15) is 19.4 Å². The molecular formula is C18H24N3O5PS. The van der Waals surface area contributed by atoms with Crippen molar-refractivity contribution in [2.24, 2.45) is 0 Å². The van der Waals surface area contributed by atoms with Crippen molar-refractivity contribution in [3.05, 3.63) is 42.2 Å². The Morgan fingerprint density at radius 1 is 1.29 bits per heavy atom. The normalized spacial score (nSPS) is 12.2. The molecule has 1 heterocycles. The number of aromatic nitrogens is 1. The standard InChI is InChI=1S/C18H24N3O5PS/c1-18(2,27)13-7-12(9-19-10-13)15-6-5-14(26-17(22)23)8-16(15)28(24,25)20-11-21(3)4/h5-10,20H,11,27H2,1-4H3,(H,22,23). The van der Waals surface area contributed by atoms with Crippen LogP contribution in [0.5, 0.6) is 5.75 Å². The van der Waals surface area contributed by atoms with E-state index in [0.717, 1.165) is 5.56 Å². The Kier molecular flexibility index (Phi) is 6.77. The predicted molar refractivity (Wildman–Crippen MR) is 110 cm³/mol. The number of hydrogen-bond acceptors (Lipinski definition) is 6. The number of carboxylic acid groups (broad SMARTS) is 1. The summed E-state index contributed by atoms with van der Waals surface area (Å²) in [5.41, 5.74) is 1.90. The maximum Gasteiger partial charge on any atom is 0.511 e. The van der Waals surface area contributed by atoms with E-state index in [2.05, 4.69) is 23.7 Å². The Morgan fingerprint density at radius 3 is 2.54 bits per heavy atom. The number of nitrogens with one attached hydrogen (secondary N) is 1. The van der Waals surface area contributed by atoms with Gasteiger partial charge in [-0.1, -0.05) is 13.8 Å². The molecule has 1 unspecified atom stereocenters. The molecule has 0 aliphatic heterocycles. The molecule has 0 spiro atoms. The Balaban J connectivity index is 2.62. The van der Waals surface area contributed by atoms with Gasteiger partial charge in [0.05, 0.1) is 11.6 Å². The molecule has 10 heteroatoms. The van der Waals surface area contributed by atoms with E-state index < -0.39 is 16.2 Å². The van der Waals surface area contributed by atoms with E-state index in [1.807, 2.05) is 19.9 Å². The Morgan fingerprint density at radius 2 is 1.96 bits per heavy atom. The quantitative estimate of drug-likeness (QED) is 0.304. The highest BCUT2D eigenvalue weighted by molar-refractivity contribution is 7.89. The van der Waals surface area contributed by atoms with Crippen molar-refractivity contribution >= 4 is 25.4 Å². The Labute approximate surface area is 167 Å². The van der Waals surface area contributed by atoms with Crippen molar-refractivity contribution in [1.82, 2.24) is 14.6 Å². The fraction of sp³-hybridized carbons (Fsp3) is 0.333. The lowest BCUT2D eigenvalue weighted by atomic mass is 9.99. The zero-order valence-electron chi connectivity index (χ0n) is 16.1. The minimum Gasteiger partial charge on any atom is -0.449 e. The van der Waals surface area contributed by atoms with Gasteiger partial charge in [0.15, 0.2) is 0 Å². The molecule has 152 valence electrons. The van der Waals surface area contributed by atoms with E-state index in [0.29, 0.717) is 11.1 Å². The first-order valence-corrected chi connectivity index (χ1v) is 10.4. The number of carbonyl (C=O) groups is 1. The lowest BCUT2D eigenvalue weighted by Crippen LogP contribution is -2.33. The molecule has 28 heavy (non-hydrogen) atoms. The first kappa shape index (κ1) is 22.2. The molecular weight excluding hydrogens is 401 g/mol. The van der Waals surface area contributed by atoms with Crippen molar-refractivity contribution in [3.63, 3.8) is 0 Å². The number of sulfonamides is 1. The van der Waals surface area contributed by atoms with Crippen LogP contribution in [-0.4, -0.2) is 50.3 Å². The number of rotatable bonds is 7.